The van der Waals surface area contributed by atoms with Crippen LogP contribution in [-0.2, 0) is 0 Å². The van der Waals surface area contributed by atoms with Gasteiger partial charge in [0.05, 0.1) is 12.8 Å². The van der Waals surface area contributed by atoms with Gasteiger partial charge in [-0.15, -0.1) is 13.2 Å². The van der Waals surface area contributed by atoms with Crippen molar-refractivity contribution in [3.05, 3.63) is 48.5 Å². The SMILES string of the molecule is C=CCN(CC=C)c1cc(Cl)ccc1OC. The van der Waals surface area contributed by atoms with E-state index in [4.69, 9.17) is 16.3 Å². The normalized spacial score (nSPS) is 9.62. The molecule has 0 radical (unpaired) electrons. The largest absolute Gasteiger partial charge is 0.495 e. The Kier molecular flexibility index (Phi) is 4.93. The number of methoxy groups -OCH3 is 1. The highest BCUT2D eigenvalue weighted by molar-refractivity contribution is 6.30. The number of hydrogen-bond acceptors (Lipinski definition) is 2. The molecular weight excluding hydrogens is 222 g/mol. The van der Waals surface area contributed by atoms with Crippen molar-refractivity contribution in [3.8, 4) is 5.75 Å². The molecule has 86 valence electrons. The standard InChI is InChI=1S/C13H16ClNO/c1-4-8-15(9-5-2)12-10-11(14)6-7-13(12)16-3/h4-7,10H,1-2,8-9H2,3H3. The van der Waals surface area contributed by atoms with Crippen molar-refractivity contribution in [2.75, 3.05) is 25.1 Å². The molecule has 0 amide bonds. The van der Waals surface area contributed by atoms with Crippen LogP contribution in [0.25, 0.3) is 0 Å². The third-order valence-corrected chi connectivity index (χ3v) is 2.42. The minimum Gasteiger partial charge on any atom is -0.495 e. The Hall–Kier alpha value is -1.41. The maximum Gasteiger partial charge on any atom is 0.142 e. The van der Waals surface area contributed by atoms with Gasteiger partial charge < -0.3 is 9.64 Å². The lowest BCUT2D eigenvalue weighted by Crippen LogP contribution is -2.23. The predicted molar refractivity (Wildman–Crippen MR) is 70.6 cm³/mol. The van der Waals surface area contributed by atoms with Gasteiger partial charge in [0.15, 0.2) is 0 Å². The molecule has 0 atom stereocenters. The van der Waals surface area contributed by atoms with E-state index >= 15 is 0 Å². The molecule has 1 rings (SSSR count). The highest BCUT2D eigenvalue weighted by Crippen LogP contribution is 2.31. The van der Waals surface area contributed by atoms with E-state index in [9.17, 15) is 0 Å². The number of rotatable bonds is 6. The highest BCUT2D eigenvalue weighted by Gasteiger charge is 2.10. The molecule has 0 bridgehead atoms. The van der Waals surface area contributed by atoms with Gasteiger partial charge in [-0.2, -0.15) is 0 Å². The molecule has 0 heterocycles. The fraction of sp³-hybridized carbons (Fsp3) is 0.231. The van der Waals surface area contributed by atoms with Crippen molar-refractivity contribution in [2.45, 2.75) is 0 Å². The van der Waals surface area contributed by atoms with E-state index in [0.717, 1.165) is 24.5 Å². The Morgan fingerprint density at radius 3 is 2.44 bits per heavy atom. The molecule has 0 spiro atoms. The summed E-state index contributed by atoms with van der Waals surface area (Å²) in [5.74, 6) is 0.799. The van der Waals surface area contributed by atoms with Crippen LogP contribution in [0, 0.1) is 0 Å². The molecule has 3 heteroatoms. The van der Waals surface area contributed by atoms with Crippen LogP contribution in [-0.4, -0.2) is 20.2 Å². The number of anilines is 1. The second kappa shape index (κ2) is 6.23. The summed E-state index contributed by atoms with van der Waals surface area (Å²) >= 11 is 5.98. The van der Waals surface area contributed by atoms with Crippen LogP contribution in [0.5, 0.6) is 5.75 Å². The molecular formula is C13H16ClNO. The first kappa shape index (κ1) is 12.7. The summed E-state index contributed by atoms with van der Waals surface area (Å²) in [7, 11) is 1.65. The molecule has 0 aliphatic rings. The van der Waals surface area contributed by atoms with Crippen LogP contribution in [0.2, 0.25) is 5.02 Å². The van der Waals surface area contributed by atoms with Crippen molar-refractivity contribution >= 4 is 17.3 Å². The molecule has 0 saturated carbocycles. The van der Waals surface area contributed by atoms with Crippen LogP contribution >= 0.6 is 11.6 Å². The Morgan fingerprint density at radius 1 is 1.31 bits per heavy atom. The van der Waals surface area contributed by atoms with Crippen LogP contribution in [0.15, 0.2) is 43.5 Å². The lowest BCUT2D eigenvalue weighted by atomic mass is 10.2. The molecule has 0 aliphatic carbocycles. The van der Waals surface area contributed by atoms with Crippen molar-refractivity contribution in [3.63, 3.8) is 0 Å². The van der Waals surface area contributed by atoms with Gasteiger partial charge in [0.2, 0.25) is 0 Å². The van der Waals surface area contributed by atoms with Crippen LogP contribution in [0.1, 0.15) is 0 Å². The Bertz CT molecular complexity index is 366. The fourth-order valence-corrected chi connectivity index (χ4v) is 1.66. The van der Waals surface area contributed by atoms with E-state index in [1.807, 2.05) is 30.4 Å². The van der Waals surface area contributed by atoms with E-state index in [1.54, 1.807) is 7.11 Å². The highest BCUT2D eigenvalue weighted by atomic mass is 35.5. The fourth-order valence-electron chi connectivity index (χ4n) is 1.49. The summed E-state index contributed by atoms with van der Waals surface area (Å²) < 4.78 is 5.31. The number of ether oxygens (including phenoxy) is 1. The van der Waals surface area contributed by atoms with Crippen molar-refractivity contribution < 1.29 is 4.74 Å². The van der Waals surface area contributed by atoms with Gasteiger partial charge in [-0.3, -0.25) is 0 Å². The molecule has 0 aliphatic heterocycles. The third kappa shape index (κ3) is 3.04. The Morgan fingerprint density at radius 2 is 1.94 bits per heavy atom. The average molecular weight is 238 g/mol. The first-order valence-corrected chi connectivity index (χ1v) is 5.41. The Labute approximate surface area is 102 Å². The molecule has 0 aromatic heterocycles. The number of halogens is 1. The van der Waals surface area contributed by atoms with E-state index in [0.29, 0.717) is 5.02 Å². The average Bonchev–Trinajstić information content (AvgIpc) is 2.29. The lowest BCUT2D eigenvalue weighted by molar-refractivity contribution is 0.415. The lowest BCUT2D eigenvalue weighted by Gasteiger charge is -2.23. The van der Waals surface area contributed by atoms with Gasteiger partial charge in [-0.05, 0) is 18.2 Å². The molecule has 0 fully saturated rings. The molecule has 0 saturated heterocycles. The van der Waals surface area contributed by atoms with E-state index in [1.165, 1.54) is 0 Å². The quantitative estimate of drug-likeness (QED) is 0.702. The molecule has 1 aromatic carbocycles. The summed E-state index contributed by atoms with van der Waals surface area (Å²) in [4.78, 5) is 2.09. The van der Waals surface area contributed by atoms with Crippen molar-refractivity contribution in [2.24, 2.45) is 0 Å². The summed E-state index contributed by atoms with van der Waals surface area (Å²) in [6.45, 7) is 8.92. The predicted octanol–water partition coefficient (Wildman–Crippen LogP) is 3.53. The summed E-state index contributed by atoms with van der Waals surface area (Å²) in [5, 5.41) is 0.689. The third-order valence-electron chi connectivity index (χ3n) is 2.18. The topological polar surface area (TPSA) is 12.5 Å². The smallest absolute Gasteiger partial charge is 0.142 e. The van der Waals surface area contributed by atoms with Gasteiger partial charge in [0.25, 0.3) is 0 Å². The first-order chi connectivity index (χ1) is 7.72. The van der Waals surface area contributed by atoms with Gasteiger partial charge in [-0.25, -0.2) is 0 Å². The monoisotopic (exact) mass is 237 g/mol. The van der Waals surface area contributed by atoms with E-state index < -0.39 is 0 Å². The summed E-state index contributed by atoms with van der Waals surface area (Å²) in [5.41, 5.74) is 0.954. The molecule has 1 aromatic rings. The van der Waals surface area contributed by atoms with Gasteiger partial charge in [0.1, 0.15) is 5.75 Å². The number of hydrogen-bond donors (Lipinski definition) is 0. The maximum absolute atomic E-state index is 5.98. The number of benzene rings is 1. The molecule has 2 nitrogen and oxygen atoms in total. The van der Waals surface area contributed by atoms with Crippen LogP contribution < -0.4 is 9.64 Å². The zero-order valence-electron chi connectivity index (χ0n) is 9.45. The second-order valence-corrected chi connectivity index (χ2v) is 3.73. The van der Waals surface area contributed by atoms with Crippen molar-refractivity contribution in [1.29, 1.82) is 0 Å². The van der Waals surface area contributed by atoms with Gasteiger partial charge in [-0.1, -0.05) is 23.8 Å². The minimum atomic E-state index is 0.689. The number of nitrogens with zero attached hydrogens (tertiary/aromatic N) is 1. The molecule has 0 unspecified atom stereocenters. The molecule has 0 N–H and O–H groups in total. The summed E-state index contributed by atoms with van der Waals surface area (Å²) in [6.07, 6.45) is 3.67. The van der Waals surface area contributed by atoms with Crippen LogP contribution in [0.3, 0.4) is 0 Å². The minimum absolute atomic E-state index is 0.689. The zero-order valence-corrected chi connectivity index (χ0v) is 10.2. The van der Waals surface area contributed by atoms with Crippen molar-refractivity contribution in [1.82, 2.24) is 0 Å². The van der Waals surface area contributed by atoms with Gasteiger partial charge >= 0.3 is 0 Å². The van der Waals surface area contributed by atoms with Gasteiger partial charge in [0, 0.05) is 18.1 Å². The zero-order chi connectivity index (χ0) is 12.0. The molecule has 16 heavy (non-hydrogen) atoms. The first-order valence-electron chi connectivity index (χ1n) is 5.03. The maximum atomic E-state index is 5.98. The Balaban J connectivity index is 3.09. The van der Waals surface area contributed by atoms with E-state index in [2.05, 4.69) is 18.1 Å². The summed E-state index contributed by atoms with van der Waals surface area (Å²) in [6, 6.07) is 5.55. The van der Waals surface area contributed by atoms with E-state index in [-0.39, 0.29) is 0 Å². The van der Waals surface area contributed by atoms with Crippen LogP contribution in [0.4, 0.5) is 5.69 Å². The second-order valence-electron chi connectivity index (χ2n) is 3.30.